The van der Waals surface area contributed by atoms with Gasteiger partial charge in [0.15, 0.2) is 0 Å². The molecule has 7 heteroatoms. The number of amides is 2. The molecule has 1 aromatic heterocycles. The molecule has 2 amide bonds. The van der Waals surface area contributed by atoms with Crippen LogP contribution in [0.3, 0.4) is 0 Å². The number of epoxide rings is 2. The molecule has 4 aliphatic heterocycles. The smallest absolute Gasteiger partial charge is 0.233 e. The molecule has 1 aromatic rings. The zero-order valence-corrected chi connectivity index (χ0v) is 15.7. The summed E-state index contributed by atoms with van der Waals surface area (Å²) in [5.41, 5.74) is 1.18. The number of ether oxygens (including phenoxy) is 2. The van der Waals surface area contributed by atoms with Crippen LogP contribution in [-0.2, 0) is 26.1 Å². The summed E-state index contributed by atoms with van der Waals surface area (Å²) in [6.07, 6.45) is 5.05. The highest BCUT2D eigenvalue weighted by Gasteiger charge is 2.65. The van der Waals surface area contributed by atoms with Gasteiger partial charge in [0.25, 0.3) is 0 Å². The van der Waals surface area contributed by atoms with Crippen LogP contribution in [0.25, 0.3) is 0 Å². The number of carbonyl (C=O) groups is 2. The SMILES string of the molecule is C[C@@H]1C(=O)N(C(=O)C2CC2)[C@H]2CCN(C3OC3C3OC3c3cccn3C)[C@H]12. The van der Waals surface area contributed by atoms with Crippen LogP contribution in [0.2, 0.25) is 0 Å². The Bertz CT molecular complexity index is 818. The Kier molecular flexibility index (Phi) is 3.27. The standard InChI is InChI=1S/C20H25N3O4/c1-10-14-12(23(18(10)24)19(25)11-5-6-11)7-9-22(14)20-17(27-20)16-15(26-16)13-4-3-8-21(13)2/h3-4,8,10-12,14-17,20H,5-7,9H2,1-2H3/t10-,12-,14+,15?,16?,17?,20?/m0/s1. The van der Waals surface area contributed by atoms with Gasteiger partial charge < -0.3 is 14.0 Å². The van der Waals surface area contributed by atoms with Crippen molar-refractivity contribution in [2.75, 3.05) is 6.54 Å². The van der Waals surface area contributed by atoms with E-state index in [4.69, 9.17) is 9.47 Å². The Morgan fingerprint density at radius 2 is 2.00 bits per heavy atom. The molecule has 7 atom stereocenters. The van der Waals surface area contributed by atoms with E-state index in [0.717, 1.165) is 25.8 Å². The van der Waals surface area contributed by atoms with Crippen LogP contribution in [0.4, 0.5) is 0 Å². The van der Waals surface area contributed by atoms with Crippen molar-refractivity contribution in [1.29, 1.82) is 0 Å². The number of aryl methyl sites for hydroxylation is 1. The monoisotopic (exact) mass is 371 g/mol. The van der Waals surface area contributed by atoms with Crippen molar-refractivity contribution < 1.29 is 19.1 Å². The normalized spacial score (nSPS) is 43.3. The van der Waals surface area contributed by atoms with Crippen molar-refractivity contribution in [2.45, 2.75) is 62.8 Å². The van der Waals surface area contributed by atoms with E-state index in [0.29, 0.717) is 0 Å². The molecular weight excluding hydrogens is 346 g/mol. The number of aromatic nitrogens is 1. The molecule has 0 bridgehead atoms. The molecule has 7 nitrogen and oxygen atoms in total. The van der Waals surface area contributed by atoms with Gasteiger partial charge in [-0.1, -0.05) is 6.92 Å². The molecule has 5 heterocycles. The van der Waals surface area contributed by atoms with Gasteiger partial charge in [-0.3, -0.25) is 19.4 Å². The summed E-state index contributed by atoms with van der Waals surface area (Å²) in [7, 11) is 2.03. The van der Waals surface area contributed by atoms with Gasteiger partial charge in [0.2, 0.25) is 11.8 Å². The largest absolute Gasteiger partial charge is 0.360 e. The van der Waals surface area contributed by atoms with Gasteiger partial charge in [-0.15, -0.1) is 0 Å². The minimum atomic E-state index is -0.145. The molecule has 6 rings (SSSR count). The number of nitrogens with zero attached hydrogens (tertiary/aromatic N) is 3. The molecule has 5 fully saturated rings. The van der Waals surface area contributed by atoms with Crippen molar-refractivity contribution in [3.8, 4) is 0 Å². The first-order valence-electron chi connectivity index (χ1n) is 10.1. The molecule has 4 saturated heterocycles. The summed E-state index contributed by atoms with van der Waals surface area (Å²) in [6.45, 7) is 2.85. The molecule has 0 aromatic carbocycles. The van der Waals surface area contributed by atoms with E-state index in [9.17, 15) is 9.59 Å². The summed E-state index contributed by atoms with van der Waals surface area (Å²) in [4.78, 5) is 29.3. The second-order valence-corrected chi connectivity index (χ2v) is 8.75. The van der Waals surface area contributed by atoms with Gasteiger partial charge in [0.1, 0.15) is 24.5 Å². The van der Waals surface area contributed by atoms with E-state index in [1.165, 1.54) is 5.69 Å². The Labute approximate surface area is 158 Å². The number of carbonyl (C=O) groups excluding carboxylic acids is 2. The highest BCUT2D eigenvalue weighted by molar-refractivity contribution is 6.00. The number of fused-ring (bicyclic) bond motifs is 1. The first-order chi connectivity index (χ1) is 13.1. The lowest BCUT2D eigenvalue weighted by molar-refractivity contribution is -0.146. The third-order valence-electron chi connectivity index (χ3n) is 7.05. The Hall–Kier alpha value is -1.70. The second kappa shape index (κ2) is 5.43. The second-order valence-electron chi connectivity index (χ2n) is 8.75. The fourth-order valence-corrected chi connectivity index (χ4v) is 5.35. The number of hydrogen-bond acceptors (Lipinski definition) is 5. The molecule has 0 spiro atoms. The van der Waals surface area contributed by atoms with Crippen molar-refractivity contribution in [1.82, 2.24) is 14.4 Å². The van der Waals surface area contributed by atoms with E-state index in [-0.39, 0.29) is 60.3 Å². The van der Waals surface area contributed by atoms with Crippen molar-refractivity contribution in [2.24, 2.45) is 18.9 Å². The van der Waals surface area contributed by atoms with Gasteiger partial charge in [0.05, 0.1) is 12.0 Å². The van der Waals surface area contributed by atoms with Crippen LogP contribution >= 0.6 is 0 Å². The summed E-state index contributed by atoms with van der Waals surface area (Å²) >= 11 is 0. The zero-order valence-electron chi connectivity index (χ0n) is 15.7. The third kappa shape index (κ3) is 2.31. The van der Waals surface area contributed by atoms with Crippen LogP contribution in [0.1, 0.15) is 38.0 Å². The van der Waals surface area contributed by atoms with Gasteiger partial charge in [0, 0.05) is 37.4 Å². The van der Waals surface area contributed by atoms with E-state index in [2.05, 4.69) is 15.5 Å². The fraction of sp³-hybridized carbons (Fsp3) is 0.700. The van der Waals surface area contributed by atoms with Crippen LogP contribution < -0.4 is 0 Å². The van der Waals surface area contributed by atoms with Crippen LogP contribution in [-0.4, -0.2) is 63.2 Å². The summed E-state index contributed by atoms with van der Waals surface area (Å²) in [5, 5.41) is 0. The summed E-state index contributed by atoms with van der Waals surface area (Å²) < 4.78 is 14.0. The Morgan fingerprint density at radius 3 is 2.70 bits per heavy atom. The lowest BCUT2D eigenvalue weighted by Crippen LogP contribution is -2.43. The molecule has 4 unspecified atom stereocenters. The van der Waals surface area contributed by atoms with Crippen molar-refractivity contribution in [3.63, 3.8) is 0 Å². The molecular formula is C20H25N3O4. The van der Waals surface area contributed by atoms with E-state index < -0.39 is 0 Å². The van der Waals surface area contributed by atoms with Crippen LogP contribution in [0, 0.1) is 11.8 Å². The van der Waals surface area contributed by atoms with Crippen LogP contribution in [0.15, 0.2) is 18.3 Å². The number of imide groups is 1. The Morgan fingerprint density at radius 1 is 1.19 bits per heavy atom. The third-order valence-corrected chi connectivity index (χ3v) is 7.05. The average Bonchev–Trinajstić information content (AvgIpc) is 3.56. The maximum atomic E-state index is 12.8. The first kappa shape index (κ1) is 16.3. The molecule has 1 saturated carbocycles. The predicted molar refractivity (Wildman–Crippen MR) is 94.3 cm³/mol. The van der Waals surface area contributed by atoms with Gasteiger partial charge in [-0.2, -0.15) is 0 Å². The van der Waals surface area contributed by atoms with Crippen molar-refractivity contribution >= 4 is 11.8 Å². The van der Waals surface area contributed by atoms with Gasteiger partial charge in [-0.25, -0.2) is 0 Å². The topological polar surface area (TPSA) is 70.6 Å². The molecule has 0 N–H and O–H groups in total. The van der Waals surface area contributed by atoms with E-state index in [1.807, 2.05) is 26.2 Å². The molecule has 27 heavy (non-hydrogen) atoms. The number of likely N-dealkylation sites (tertiary alicyclic amines) is 2. The molecule has 5 aliphatic rings. The minimum Gasteiger partial charge on any atom is -0.360 e. The predicted octanol–water partition coefficient (Wildman–Crippen LogP) is 1.05. The van der Waals surface area contributed by atoms with E-state index >= 15 is 0 Å². The van der Waals surface area contributed by atoms with Gasteiger partial charge >= 0.3 is 0 Å². The number of rotatable bonds is 4. The zero-order chi connectivity index (χ0) is 18.4. The molecule has 0 radical (unpaired) electrons. The lowest BCUT2D eigenvalue weighted by Gasteiger charge is -2.24. The number of hydrogen-bond donors (Lipinski definition) is 0. The van der Waals surface area contributed by atoms with Crippen LogP contribution in [0.5, 0.6) is 0 Å². The van der Waals surface area contributed by atoms with E-state index in [1.54, 1.807) is 4.90 Å². The average molecular weight is 371 g/mol. The lowest BCUT2D eigenvalue weighted by atomic mass is 10.0. The van der Waals surface area contributed by atoms with Gasteiger partial charge in [-0.05, 0) is 31.4 Å². The Balaban J connectivity index is 1.16. The maximum absolute atomic E-state index is 12.8. The first-order valence-corrected chi connectivity index (χ1v) is 10.1. The quantitative estimate of drug-likeness (QED) is 0.584. The highest BCUT2D eigenvalue weighted by atomic mass is 16.7. The maximum Gasteiger partial charge on any atom is 0.233 e. The minimum absolute atomic E-state index is 0.00755. The summed E-state index contributed by atoms with van der Waals surface area (Å²) in [6, 6.07) is 4.23. The highest BCUT2D eigenvalue weighted by Crippen LogP contribution is 2.51. The fourth-order valence-electron chi connectivity index (χ4n) is 5.35. The molecule has 1 aliphatic carbocycles. The summed E-state index contributed by atoms with van der Waals surface area (Å²) in [5.74, 6) is 0.00976. The van der Waals surface area contributed by atoms with Crippen molar-refractivity contribution in [3.05, 3.63) is 24.0 Å². The molecule has 144 valence electrons.